The highest BCUT2D eigenvalue weighted by Crippen LogP contribution is 2.33. The van der Waals surface area contributed by atoms with E-state index < -0.39 is 0 Å². The number of benzene rings is 1. The zero-order valence-electron chi connectivity index (χ0n) is 12.8. The lowest BCUT2D eigenvalue weighted by molar-refractivity contribution is -0.122. The number of carbonyl (C=O) groups excluding carboxylic acids is 2. The van der Waals surface area contributed by atoms with E-state index in [0.29, 0.717) is 29.8 Å². The van der Waals surface area contributed by atoms with Gasteiger partial charge in [0.15, 0.2) is 5.78 Å². The van der Waals surface area contributed by atoms with E-state index in [9.17, 15) is 9.59 Å². The molecule has 1 aliphatic carbocycles. The number of rotatable bonds is 5. The molecular formula is C17H17N3O3. The van der Waals surface area contributed by atoms with Gasteiger partial charge in [0.25, 0.3) is 0 Å². The summed E-state index contributed by atoms with van der Waals surface area (Å²) in [5.74, 6) is -0.149. The van der Waals surface area contributed by atoms with Gasteiger partial charge in [-0.1, -0.05) is 40.6 Å². The molecule has 6 heteroatoms. The van der Waals surface area contributed by atoms with E-state index in [1.807, 2.05) is 30.3 Å². The summed E-state index contributed by atoms with van der Waals surface area (Å²) in [6.45, 7) is 2.00. The Bertz CT molecular complexity index is 762. The maximum absolute atomic E-state index is 12.2. The molecule has 2 aromatic rings. The van der Waals surface area contributed by atoms with Crippen LogP contribution in [0.15, 0.2) is 40.5 Å². The number of nitrogens with zero attached hydrogens (tertiary/aromatic N) is 2. The summed E-state index contributed by atoms with van der Waals surface area (Å²) in [6, 6.07) is 9.74. The highest BCUT2D eigenvalue weighted by atomic mass is 16.6. The molecule has 1 N–H and O–H groups in total. The second-order valence-corrected chi connectivity index (χ2v) is 5.50. The molecule has 1 aliphatic rings. The number of Topliss-reactive ketones (excluding diaryl/α,β-unsaturated/α-hetero) is 1. The first-order valence-electron chi connectivity index (χ1n) is 7.50. The van der Waals surface area contributed by atoms with Crippen molar-refractivity contribution in [2.24, 2.45) is 0 Å². The number of hydrogen-bond acceptors (Lipinski definition) is 5. The third kappa shape index (κ3) is 3.36. The van der Waals surface area contributed by atoms with Gasteiger partial charge in [0, 0.05) is 12.0 Å². The van der Waals surface area contributed by atoms with Gasteiger partial charge in [0.1, 0.15) is 11.4 Å². The highest BCUT2D eigenvalue weighted by Gasteiger charge is 2.25. The zero-order valence-corrected chi connectivity index (χ0v) is 12.8. The van der Waals surface area contributed by atoms with Gasteiger partial charge in [0.2, 0.25) is 5.91 Å². The number of carbonyl (C=O) groups is 2. The Morgan fingerprint density at radius 3 is 2.70 bits per heavy atom. The number of amides is 1. The number of hydrogen-bond donors (Lipinski definition) is 1. The smallest absolute Gasteiger partial charge is 0.224 e. The molecule has 1 aromatic carbocycles. The van der Waals surface area contributed by atoms with Crippen molar-refractivity contribution in [3.05, 3.63) is 52.9 Å². The van der Waals surface area contributed by atoms with Crippen molar-refractivity contribution in [1.29, 1.82) is 0 Å². The van der Waals surface area contributed by atoms with Gasteiger partial charge < -0.3 is 5.32 Å². The predicted octanol–water partition coefficient (Wildman–Crippen LogP) is 2.20. The van der Waals surface area contributed by atoms with E-state index in [-0.39, 0.29) is 24.7 Å². The monoisotopic (exact) mass is 311 g/mol. The van der Waals surface area contributed by atoms with Crippen LogP contribution in [-0.4, -0.2) is 22.0 Å². The molecule has 23 heavy (non-hydrogen) atoms. The molecule has 0 spiro atoms. The number of allylic oxidation sites excluding steroid dienone is 1. The molecule has 0 unspecified atom stereocenters. The SMILES string of the molecule is Cc1nonc1CNC(=O)CC1=C(c2ccccc2)CCC1=O. The lowest BCUT2D eigenvalue weighted by Crippen LogP contribution is -2.24. The minimum atomic E-state index is -0.203. The number of nitrogens with one attached hydrogen (secondary N) is 1. The fourth-order valence-corrected chi connectivity index (χ4v) is 2.69. The Kier molecular flexibility index (Phi) is 4.32. The second-order valence-electron chi connectivity index (χ2n) is 5.50. The lowest BCUT2D eigenvalue weighted by atomic mass is 10.00. The predicted molar refractivity (Wildman–Crippen MR) is 83.1 cm³/mol. The molecule has 0 fully saturated rings. The summed E-state index contributed by atoms with van der Waals surface area (Å²) in [6.07, 6.45) is 1.25. The first-order valence-corrected chi connectivity index (χ1v) is 7.50. The summed E-state index contributed by atoms with van der Waals surface area (Å²) in [7, 11) is 0. The number of aryl methyl sites for hydroxylation is 1. The van der Waals surface area contributed by atoms with E-state index in [1.54, 1.807) is 6.92 Å². The maximum Gasteiger partial charge on any atom is 0.224 e. The van der Waals surface area contributed by atoms with Gasteiger partial charge >= 0.3 is 0 Å². The number of ketones is 1. The summed E-state index contributed by atoms with van der Waals surface area (Å²) in [4.78, 5) is 24.3. The third-order valence-corrected chi connectivity index (χ3v) is 3.96. The molecule has 118 valence electrons. The molecule has 6 nitrogen and oxygen atoms in total. The Hall–Kier alpha value is -2.76. The topological polar surface area (TPSA) is 85.1 Å². The van der Waals surface area contributed by atoms with Crippen LogP contribution in [0.2, 0.25) is 0 Å². The van der Waals surface area contributed by atoms with E-state index in [0.717, 1.165) is 11.1 Å². The lowest BCUT2D eigenvalue weighted by Gasteiger charge is -2.07. The van der Waals surface area contributed by atoms with Gasteiger partial charge in [-0.2, -0.15) is 0 Å². The largest absolute Gasteiger partial charge is 0.350 e. The first-order chi connectivity index (χ1) is 11.1. The molecule has 1 amide bonds. The van der Waals surface area contributed by atoms with E-state index in [1.165, 1.54) is 0 Å². The summed E-state index contributed by atoms with van der Waals surface area (Å²) in [5.41, 5.74) is 3.84. The number of aromatic nitrogens is 2. The standard InChI is InChI=1S/C17H17N3O3/c1-11-15(20-23-19-11)10-18-17(22)9-14-13(7-8-16(14)21)12-5-3-2-4-6-12/h2-6H,7-10H2,1H3,(H,18,22). The van der Waals surface area contributed by atoms with Crippen molar-refractivity contribution in [1.82, 2.24) is 15.6 Å². The highest BCUT2D eigenvalue weighted by molar-refractivity contribution is 6.10. The van der Waals surface area contributed by atoms with E-state index in [4.69, 9.17) is 0 Å². The molecule has 3 rings (SSSR count). The Morgan fingerprint density at radius 1 is 1.22 bits per heavy atom. The summed E-state index contributed by atoms with van der Waals surface area (Å²) in [5, 5.41) is 10.1. The van der Waals surface area contributed by atoms with Crippen LogP contribution in [0.1, 0.15) is 36.2 Å². The Labute approximate surface area is 133 Å². The third-order valence-electron chi connectivity index (χ3n) is 3.96. The molecule has 1 aromatic heterocycles. The average molecular weight is 311 g/mol. The fourth-order valence-electron chi connectivity index (χ4n) is 2.69. The van der Waals surface area contributed by atoms with Crippen LogP contribution >= 0.6 is 0 Å². The van der Waals surface area contributed by atoms with Crippen molar-refractivity contribution in [2.45, 2.75) is 32.7 Å². The van der Waals surface area contributed by atoms with Crippen LogP contribution in [0.25, 0.3) is 5.57 Å². The normalized spacial score (nSPS) is 14.4. The van der Waals surface area contributed by atoms with Gasteiger partial charge in [-0.15, -0.1) is 0 Å². The maximum atomic E-state index is 12.2. The molecule has 0 radical (unpaired) electrons. The van der Waals surface area contributed by atoms with Crippen molar-refractivity contribution in [2.75, 3.05) is 0 Å². The molecule has 0 saturated carbocycles. The minimum Gasteiger partial charge on any atom is -0.350 e. The fraction of sp³-hybridized carbons (Fsp3) is 0.294. The Balaban J connectivity index is 1.70. The summed E-state index contributed by atoms with van der Waals surface area (Å²) < 4.78 is 4.59. The van der Waals surface area contributed by atoms with Crippen molar-refractivity contribution >= 4 is 17.3 Å². The quantitative estimate of drug-likeness (QED) is 0.915. The van der Waals surface area contributed by atoms with E-state index in [2.05, 4.69) is 20.3 Å². The first kappa shape index (κ1) is 15.1. The van der Waals surface area contributed by atoms with Gasteiger partial charge in [-0.25, -0.2) is 4.63 Å². The van der Waals surface area contributed by atoms with Gasteiger partial charge in [-0.3, -0.25) is 9.59 Å². The van der Waals surface area contributed by atoms with Crippen LogP contribution < -0.4 is 5.32 Å². The second kappa shape index (κ2) is 6.56. The molecule has 0 atom stereocenters. The molecule has 1 heterocycles. The Morgan fingerprint density at radius 2 is 2.00 bits per heavy atom. The van der Waals surface area contributed by atoms with Crippen LogP contribution in [0.4, 0.5) is 0 Å². The molecule has 0 bridgehead atoms. The van der Waals surface area contributed by atoms with Crippen molar-refractivity contribution in [3.8, 4) is 0 Å². The van der Waals surface area contributed by atoms with Crippen molar-refractivity contribution in [3.63, 3.8) is 0 Å². The molecular weight excluding hydrogens is 294 g/mol. The summed E-state index contributed by atoms with van der Waals surface area (Å²) >= 11 is 0. The minimum absolute atomic E-state index is 0.0540. The van der Waals surface area contributed by atoms with Crippen LogP contribution in [0, 0.1) is 6.92 Å². The van der Waals surface area contributed by atoms with Crippen molar-refractivity contribution < 1.29 is 14.2 Å². The molecule has 0 saturated heterocycles. The van der Waals surface area contributed by atoms with Crippen LogP contribution in [0.3, 0.4) is 0 Å². The molecule has 0 aliphatic heterocycles. The zero-order chi connectivity index (χ0) is 16.2. The van der Waals surface area contributed by atoms with Gasteiger partial charge in [0.05, 0.1) is 13.0 Å². The van der Waals surface area contributed by atoms with Crippen LogP contribution in [-0.2, 0) is 16.1 Å². The van der Waals surface area contributed by atoms with Crippen LogP contribution in [0.5, 0.6) is 0 Å². The van der Waals surface area contributed by atoms with Gasteiger partial charge in [-0.05, 0) is 24.5 Å². The average Bonchev–Trinajstić information content (AvgIpc) is 3.13. The van der Waals surface area contributed by atoms with E-state index >= 15 is 0 Å².